The first-order chi connectivity index (χ1) is 13.6. The van der Waals surface area contributed by atoms with Crippen molar-refractivity contribution in [3.63, 3.8) is 0 Å². The molecule has 29 heavy (non-hydrogen) atoms. The van der Waals surface area contributed by atoms with Crippen LogP contribution in [0.3, 0.4) is 0 Å². The predicted molar refractivity (Wildman–Crippen MR) is 123 cm³/mol. The van der Waals surface area contributed by atoms with E-state index < -0.39 is 0 Å². The Labute approximate surface area is 180 Å². The third kappa shape index (κ3) is 2.57. The van der Waals surface area contributed by atoms with Crippen LogP contribution in [0.1, 0.15) is 65.2 Å². The molecular weight excluding hydrogens is 376 g/mol. The summed E-state index contributed by atoms with van der Waals surface area (Å²) in [6.07, 6.45) is 18.2. The molecule has 154 valence electrons. The van der Waals surface area contributed by atoms with Crippen molar-refractivity contribution < 1.29 is 0 Å². The highest BCUT2D eigenvalue weighted by atomic mass is 35.5. The molecule has 0 aliphatic heterocycles. The van der Waals surface area contributed by atoms with Gasteiger partial charge in [-0.3, -0.25) is 0 Å². The van der Waals surface area contributed by atoms with E-state index in [0.717, 1.165) is 23.3 Å². The van der Waals surface area contributed by atoms with Crippen molar-refractivity contribution in [3.8, 4) is 0 Å². The van der Waals surface area contributed by atoms with Gasteiger partial charge >= 0.3 is 0 Å². The van der Waals surface area contributed by atoms with Crippen molar-refractivity contribution in [1.29, 1.82) is 0 Å². The Bertz CT molecular complexity index is 1000. The molecule has 6 rings (SSSR count). The van der Waals surface area contributed by atoms with Gasteiger partial charge in [0.25, 0.3) is 0 Å². The number of allylic oxidation sites excluding steroid dienone is 4. The molecule has 0 spiro atoms. The average molecular weight is 409 g/mol. The third-order valence-electron chi connectivity index (χ3n) is 9.27. The van der Waals surface area contributed by atoms with Crippen LogP contribution in [0, 0.1) is 28.6 Å². The fourth-order valence-corrected chi connectivity index (χ4v) is 7.77. The van der Waals surface area contributed by atoms with Gasteiger partial charge in [-0.05, 0) is 80.2 Å². The summed E-state index contributed by atoms with van der Waals surface area (Å²) in [5, 5.41) is 0. The summed E-state index contributed by atoms with van der Waals surface area (Å²) in [6.45, 7) is 5.17. The number of hydrogen-bond acceptors (Lipinski definition) is 1. The summed E-state index contributed by atoms with van der Waals surface area (Å²) in [5.74, 6) is 2.55. The van der Waals surface area contributed by atoms with Crippen LogP contribution in [0.15, 0.2) is 48.3 Å². The summed E-state index contributed by atoms with van der Waals surface area (Å²) < 4.78 is 2.40. The molecule has 3 heteroatoms. The highest BCUT2D eigenvalue weighted by Crippen LogP contribution is 2.65. The molecule has 0 N–H and O–H groups in total. The lowest BCUT2D eigenvalue weighted by Crippen LogP contribution is -2.49. The first-order valence-electron chi connectivity index (χ1n) is 11.4. The molecule has 0 unspecified atom stereocenters. The van der Waals surface area contributed by atoms with Gasteiger partial charge in [0.1, 0.15) is 6.33 Å². The molecule has 0 saturated heterocycles. The van der Waals surface area contributed by atoms with Crippen LogP contribution in [0.5, 0.6) is 0 Å². The Morgan fingerprint density at radius 1 is 0.966 bits per heavy atom. The van der Waals surface area contributed by atoms with E-state index in [9.17, 15) is 0 Å². The van der Waals surface area contributed by atoms with E-state index >= 15 is 0 Å². The molecule has 4 aliphatic rings. The minimum atomic E-state index is 0. The van der Waals surface area contributed by atoms with E-state index in [-0.39, 0.29) is 12.4 Å². The topological polar surface area (TPSA) is 17.8 Å². The summed E-state index contributed by atoms with van der Waals surface area (Å²) >= 11 is 0. The van der Waals surface area contributed by atoms with E-state index in [1.807, 2.05) is 5.57 Å². The Morgan fingerprint density at radius 3 is 2.72 bits per heavy atom. The van der Waals surface area contributed by atoms with Gasteiger partial charge in [-0.25, -0.2) is 4.98 Å². The van der Waals surface area contributed by atoms with Crippen molar-refractivity contribution in [1.82, 2.24) is 9.55 Å². The highest BCUT2D eigenvalue weighted by molar-refractivity contribution is 5.85. The van der Waals surface area contributed by atoms with Crippen molar-refractivity contribution in [3.05, 3.63) is 48.3 Å². The van der Waals surface area contributed by atoms with Crippen LogP contribution < -0.4 is 0 Å². The largest absolute Gasteiger partial charge is 0.302 e. The third-order valence-corrected chi connectivity index (χ3v) is 9.27. The van der Waals surface area contributed by atoms with E-state index in [1.54, 1.807) is 0 Å². The van der Waals surface area contributed by atoms with Gasteiger partial charge in [-0.1, -0.05) is 50.1 Å². The molecule has 0 amide bonds. The Morgan fingerprint density at radius 2 is 1.83 bits per heavy atom. The minimum absolute atomic E-state index is 0. The first kappa shape index (κ1) is 19.4. The molecule has 4 aliphatic carbocycles. The first-order valence-corrected chi connectivity index (χ1v) is 11.4. The molecule has 2 aromatic rings. The van der Waals surface area contributed by atoms with Gasteiger partial charge in [-0.15, -0.1) is 12.4 Å². The SMILES string of the molecule is C[C@]12CCCCC1=CC[C@@H]1[C@@H]2CC[C@]2(C)C(n3cnc4ccccc43)=CC[C@@H]12.Cl. The van der Waals surface area contributed by atoms with Crippen LogP contribution in [0.2, 0.25) is 0 Å². The Hall–Kier alpha value is -1.54. The number of fused-ring (bicyclic) bond motifs is 6. The summed E-state index contributed by atoms with van der Waals surface area (Å²) in [5.41, 5.74) is 6.50. The predicted octanol–water partition coefficient (Wildman–Crippen LogP) is 7.26. The molecule has 0 radical (unpaired) electrons. The number of rotatable bonds is 1. The van der Waals surface area contributed by atoms with Crippen LogP contribution >= 0.6 is 12.4 Å². The molecule has 2 saturated carbocycles. The molecule has 1 aromatic heterocycles. The van der Waals surface area contributed by atoms with Gasteiger partial charge in [0.2, 0.25) is 0 Å². The molecule has 2 fully saturated rings. The Balaban J connectivity index is 0.00000181. The van der Waals surface area contributed by atoms with E-state index in [1.165, 1.54) is 62.6 Å². The quantitative estimate of drug-likeness (QED) is 0.454. The van der Waals surface area contributed by atoms with E-state index in [2.05, 4.69) is 61.2 Å². The molecular formula is C26H33ClN2. The maximum Gasteiger partial charge on any atom is 0.100 e. The van der Waals surface area contributed by atoms with Gasteiger partial charge < -0.3 is 4.57 Å². The van der Waals surface area contributed by atoms with Crippen LogP contribution in [-0.4, -0.2) is 9.55 Å². The van der Waals surface area contributed by atoms with Gasteiger partial charge in [0.05, 0.1) is 11.0 Å². The zero-order chi connectivity index (χ0) is 18.9. The lowest BCUT2D eigenvalue weighted by molar-refractivity contribution is -0.0112. The number of hydrogen-bond donors (Lipinski definition) is 0. The van der Waals surface area contributed by atoms with Crippen molar-refractivity contribution in [2.75, 3.05) is 0 Å². The number of aromatic nitrogens is 2. The van der Waals surface area contributed by atoms with E-state index in [0.29, 0.717) is 10.8 Å². The smallest absolute Gasteiger partial charge is 0.100 e. The van der Waals surface area contributed by atoms with Crippen LogP contribution in [0.25, 0.3) is 16.7 Å². The fraction of sp³-hybridized carbons (Fsp3) is 0.577. The summed E-state index contributed by atoms with van der Waals surface area (Å²) in [4.78, 5) is 4.69. The van der Waals surface area contributed by atoms with Crippen molar-refractivity contribution >= 4 is 29.1 Å². The van der Waals surface area contributed by atoms with Gasteiger partial charge in [0.15, 0.2) is 0 Å². The molecule has 2 nitrogen and oxygen atoms in total. The fourth-order valence-electron chi connectivity index (χ4n) is 7.77. The number of imidazole rings is 1. The zero-order valence-electron chi connectivity index (χ0n) is 17.7. The second-order valence-electron chi connectivity index (χ2n) is 10.4. The standard InChI is InChI=1S/C26H32N2.ClH/c1-25-15-6-5-7-18(25)10-11-19-20-12-13-24(26(20,2)16-14-21(19)25)28-17-27-22-8-3-4-9-23(22)28;/h3-4,8-10,13,17,19-21H,5-7,11-12,14-16H2,1-2H3;1H/t19-,20-,21-,25-,26-;/m0./s1. The number of halogens is 1. The maximum atomic E-state index is 4.69. The van der Waals surface area contributed by atoms with Crippen LogP contribution in [0.4, 0.5) is 0 Å². The zero-order valence-corrected chi connectivity index (χ0v) is 18.5. The second-order valence-corrected chi connectivity index (χ2v) is 10.4. The average Bonchev–Trinajstić information content (AvgIpc) is 3.28. The van der Waals surface area contributed by atoms with Crippen molar-refractivity contribution in [2.24, 2.45) is 28.6 Å². The summed E-state index contributed by atoms with van der Waals surface area (Å²) in [7, 11) is 0. The lowest BCUT2D eigenvalue weighted by atomic mass is 9.48. The molecule has 5 atom stereocenters. The van der Waals surface area contributed by atoms with E-state index in [4.69, 9.17) is 4.98 Å². The Kier molecular flexibility index (Phi) is 4.51. The number of nitrogens with zero attached hydrogens (tertiary/aromatic N) is 2. The summed E-state index contributed by atoms with van der Waals surface area (Å²) in [6, 6.07) is 8.60. The number of para-hydroxylation sites is 2. The van der Waals surface area contributed by atoms with Gasteiger partial charge in [-0.2, -0.15) is 0 Å². The molecule has 1 aromatic carbocycles. The van der Waals surface area contributed by atoms with Crippen LogP contribution in [-0.2, 0) is 0 Å². The minimum Gasteiger partial charge on any atom is -0.302 e. The van der Waals surface area contributed by atoms with Crippen molar-refractivity contribution in [2.45, 2.75) is 65.2 Å². The molecule has 0 bridgehead atoms. The monoisotopic (exact) mass is 408 g/mol. The molecule has 1 heterocycles. The lowest BCUT2D eigenvalue weighted by Gasteiger charge is -2.57. The second kappa shape index (κ2) is 6.74. The maximum absolute atomic E-state index is 4.69. The van der Waals surface area contributed by atoms with Gasteiger partial charge in [0, 0.05) is 11.1 Å². The highest BCUT2D eigenvalue weighted by Gasteiger charge is 2.56. The number of benzene rings is 1. The normalized spacial score (nSPS) is 38.3.